The summed E-state index contributed by atoms with van der Waals surface area (Å²) in [6.45, 7) is 3.52. The molecule has 6 nitrogen and oxygen atoms in total. The van der Waals surface area contributed by atoms with E-state index < -0.39 is 0 Å². The molecule has 0 amide bonds. The topological polar surface area (TPSA) is 81.3 Å². The second kappa shape index (κ2) is 4.50. The molecule has 90 valence electrons. The molecule has 0 spiro atoms. The molecule has 0 fully saturated rings. The Bertz CT molecular complexity index is 537. The fourth-order valence-electron chi connectivity index (χ4n) is 1.64. The van der Waals surface area contributed by atoms with Gasteiger partial charge in [-0.2, -0.15) is 4.98 Å². The lowest BCUT2D eigenvalue weighted by molar-refractivity contribution is 0.222. The molecule has 1 N–H and O–H groups in total. The number of hydrogen-bond acceptors (Lipinski definition) is 6. The summed E-state index contributed by atoms with van der Waals surface area (Å²) >= 11 is 0. The quantitative estimate of drug-likeness (QED) is 0.862. The summed E-state index contributed by atoms with van der Waals surface area (Å²) in [6.07, 6.45) is 0. The van der Waals surface area contributed by atoms with Gasteiger partial charge in [-0.15, -0.1) is 0 Å². The summed E-state index contributed by atoms with van der Waals surface area (Å²) in [5.74, 6) is 0.991. The molecule has 0 bridgehead atoms. The number of nitrogens with zero attached hydrogens (tertiary/aromatic N) is 3. The SMILES string of the molecule is COc1nc(C)cc(C)c1-c1noc(CO)n1. The first-order valence-electron chi connectivity index (χ1n) is 5.11. The smallest absolute Gasteiger partial charge is 0.252 e. The summed E-state index contributed by atoms with van der Waals surface area (Å²) in [5.41, 5.74) is 2.48. The number of aliphatic hydroxyl groups is 1. The van der Waals surface area contributed by atoms with Gasteiger partial charge < -0.3 is 14.4 Å². The van der Waals surface area contributed by atoms with E-state index in [0.29, 0.717) is 17.3 Å². The minimum Gasteiger partial charge on any atom is -0.480 e. The van der Waals surface area contributed by atoms with Crippen LogP contribution in [0.5, 0.6) is 5.88 Å². The maximum Gasteiger partial charge on any atom is 0.252 e. The van der Waals surface area contributed by atoms with E-state index >= 15 is 0 Å². The molecule has 0 saturated carbocycles. The van der Waals surface area contributed by atoms with Crippen LogP contribution in [-0.2, 0) is 6.61 Å². The normalized spacial score (nSPS) is 10.6. The third-order valence-corrected chi connectivity index (χ3v) is 2.33. The molecule has 0 aliphatic heterocycles. The van der Waals surface area contributed by atoms with Crippen molar-refractivity contribution in [2.45, 2.75) is 20.5 Å². The molecule has 0 aliphatic rings. The molecular formula is C11H13N3O3. The van der Waals surface area contributed by atoms with Gasteiger partial charge in [-0.25, -0.2) is 4.98 Å². The molecule has 0 aromatic carbocycles. The highest BCUT2D eigenvalue weighted by atomic mass is 16.5. The number of hydrogen-bond donors (Lipinski definition) is 1. The van der Waals surface area contributed by atoms with Crippen LogP contribution in [0.25, 0.3) is 11.4 Å². The largest absolute Gasteiger partial charge is 0.480 e. The predicted octanol–water partition coefficient (Wildman–Crippen LogP) is 1.25. The van der Waals surface area contributed by atoms with E-state index in [0.717, 1.165) is 11.3 Å². The van der Waals surface area contributed by atoms with Crippen LogP contribution in [0.2, 0.25) is 0 Å². The maximum absolute atomic E-state index is 8.89. The molecule has 6 heteroatoms. The molecular weight excluding hydrogens is 222 g/mol. The Morgan fingerprint density at radius 3 is 2.71 bits per heavy atom. The van der Waals surface area contributed by atoms with Crippen LogP contribution < -0.4 is 4.74 Å². The lowest BCUT2D eigenvalue weighted by Gasteiger charge is -2.08. The molecule has 0 aliphatic carbocycles. The van der Waals surface area contributed by atoms with Crippen molar-refractivity contribution >= 4 is 0 Å². The van der Waals surface area contributed by atoms with Crippen LogP contribution in [0.15, 0.2) is 10.6 Å². The Hall–Kier alpha value is -1.95. The van der Waals surface area contributed by atoms with Crippen LogP contribution in [0.4, 0.5) is 0 Å². The van der Waals surface area contributed by atoms with Gasteiger partial charge >= 0.3 is 0 Å². The van der Waals surface area contributed by atoms with E-state index in [1.54, 1.807) is 0 Å². The summed E-state index contributed by atoms with van der Waals surface area (Å²) in [6, 6.07) is 1.91. The Morgan fingerprint density at radius 2 is 2.12 bits per heavy atom. The van der Waals surface area contributed by atoms with Crippen molar-refractivity contribution < 1.29 is 14.4 Å². The maximum atomic E-state index is 8.89. The Morgan fingerprint density at radius 1 is 1.35 bits per heavy atom. The van der Waals surface area contributed by atoms with Crippen molar-refractivity contribution in [3.8, 4) is 17.3 Å². The predicted molar refractivity (Wildman–Crippen MR) is 59.5 cm³/mol. The average Bonchev–Trinajstić information content (AvgIpc) is 2.76. The average molecular weight is 235 g/mol. The van der Waals surface area contributed by atoms with Gasteiger partial charge in [-0.3, -0.25) is 0 Å². The number of pyridine rings is 1. The third kappa shape index (κ3) is 2.12. The lowest BCUT2D eigenvalue weighted by atomic mass is 10.1. The first-order valence-corrected chi connectivity index (χ1v) is 5.11. The third-order valence-electron chi connectivity index (χ3n) is 2.33. The van der Waals surface area contributed by atoms with Crippen LogP contribution in [0.1, 0.15) is 17.1 Å². The lowest BCUT2D eigenvalue weighted by Crippen LogP contribution is -1.97. The van der Waals surface area contributed by atoms with Crippen molar-refractivity contribution in [1.29, 1.82) is 0 Å². The minimum atomic E-state index is -0.284. The number of rotatable bonds is 3. The van der Waals surface area contributed by atoms with Gasteiger partial charge in [0.15, 0.2) is 0 Å². The van der Waals surface area contributed by atoms with Crippen molar-refractivity contribution in [3.05, 3.63) is 23.2 Å². The molecule has 2 rings (SSSR count). The van der Waals surface area contributed by atoms with Gasteiger partial charge in [-0.05, 0) is 25.5 Å². The van der Waals surface area contributed by atoms with Crippen molar-refractivity contribution in [2.75, 3.05) is 7.11 Å². The van der Waals surface area contributed by atoms with Gasteiger partial charge in [0, 0.05) is 5.69 Å². The van der Waals surface area contributed by atoms with E-state index in [-0.39, 0.29) is 12.5 Å². The van der Waals surface area contributed by atoms with Crippen LogP contribution >= 0.6 is 0 Å². The molecule has 2 aromatic rings. The Kier molecular flexibility index (Phi) is 3.06. The van der Waals surface area contributed by atoms with E-state index in [9.17, 15) is 0 Å². The molecule has 0 radical (unpaired) electrons. The van der Waals surface area contributed by atoms with Gasteiger partial charge in [0.2, 0.25) is 11.7 Å². The zero-order chi connectivity index (χ0) is 12.4. The number of aromatic nitrogens is 3. The van der Waals surface area contributed by atoms with E-state index in [1.165, 1.54) is 7.11 Å². The number of aryl methyl sites for hydroxylation is 2. The van der Waals surface area contributed by atoms with E-state index in [2.05, 4.69) is 15.1 Å². The Balaban J connectivity index is 2.57. The van der Waals surface area contributed by atoms with Crippen LogP contribution in [0, 0.1) is 13.8 Å². The Labute approximate surface area is 98.3 Å². The van der Waals surface area contributed by atoms with Crippen LogP contribution in [0.3, 0.4) is 0 Å². The highest BCUT2D eigenvalue weighted by Crippen LogP contribution is 2.29. The number of methoxy groups -OCH3 is 1. The standard InChI is InChI=1S/C11H13N3O3/c1-6-4-7(2)12-11(16-3)9(6)10-13-8(5-15)17-14-10/h4,15H,5H2,1-3H3. The second-order valence-corrected chi connectivity index (χ2v) is 3.63. The van der Waals surface area contributed by atoms with Gasteiger partial charge in [0.05, 0.1) is 12.7 Å². The molecule has 2 aromatic heterocycles. The summed E-state index contributed by atoms with van der Waals surface area (Å²) in [5, 5.41) is 12.7. The zero-order valence-electron chi connectivity index (χ0n) is 9.89. The van der Waals surface area contributed by atoms with Gasteiger partial charge in [0.25, 0.3) is 5.89 Å². The van der Waals surface area contributed by atoms with Crippen LogP contribution in [-0.4, -0.2) is 27.3 Å². The number of aliphatic hydroxyl groups excluding tert-OH is 1. The highest BCUT2D eigenvalue weighted by Gasteiger charge is 2.17. The number of ether oxygens (including phenoxy) is 1. The fourth-order valence-corrected chi connectivity index (χ4v) is 1.64. The van der Waals surface area contributed by atoms with E-state index in [4.69, 9.17) is 14.4 Å². The molecule has 0 atom stereocenters. The second-order valence-electron chi connectivity index (χ2n) is 3.63. The molecule has 2 heterocycles. The minimum absolute atomic E-state index is 0.169. The van der Waals surface area contributed by atoms with E-state index in [1.807, 2.05) is 19.9 Å². The first kappa shape index (κ1) is 11.5. The highest BCUT2D eigenvalue weighted by molar-refractivity contribution is 5.65. The van der Waals surface area contributed by atoms with Crippen molar-refractivity contribution in [2.24, 2.45) is 0 Å². The molecule has 0 unspecified atom stereocenters. The van der Waals surface area contributed by atoms with Gasteiger partial charge in [0.1, 0.15) is 6.61 Å². The fraction of sp³-hybridized carbons (Fsp3) is 0.364. The molecule has 17 heavy (non-hydrogen) atoms. The molecule has 0 saturated heterocycles. The van der Waals surface area contributed by atoms with Crippen molar-refractivity contribution in [1.82, 2.24) is 15.1 Å². The zero-order valence-corrected chi connectivity index (χ0v) is 9.89. The summed E-state index contributed by atoms with van der Waals surface area (Å²) in [4.78, 5) is 8.31. The summed E-state index contributed by atoms with van der Waals surface area (Å²) in [7, 11) is 1.54. The first-order chi connectivity index (χ1) is 8.15. The van der Waals surface area contributed by atoms with Gasteiger partial charge in [-0.1, -0.05) is 5.16 Å². The van der Waals surface area contributed by atoms with Crippen molar-refractivity contribution in [3.63, 3.8) is 0 Å². The summed E-state index contributed by atoms with van der Waals surface area (Å²) < 4.78 is 10.1. The monoisotopic (exact) mass is 235 g/mol.